The number of nitrogens with zero attached hydrogens (tertiary/aromatic N) is 3. The van der Waals surface area contributed by atoms with Crippen LogP contribution in [0.1, 0.15) is 12.5 Å². The minimum atomic E-state index is -1.13. The van der Waals surface area contributed by atoms with Gasteiger partial charge in [0.15, 0.2) is 11.5 Å². The molecule has 8 nitrogen and oxygen atoms in total. The lowest BCUT2D eigenvalue weighted by Crippen LogP contribution is -2.51. The third kappa shape index (κ3) is 3.57. The van der Waals surface area contributed by atoms with E-state index < -0.39 is 5.54 Å². The van der Waals surface area contributed by atoms with Crippen LogP contribution in [-0.4, -0.2) is 67.8 Å². The van der Waals surface area contributed by atoms with E-state index in [1.165, 1.54) is 10.6 Å². The quantitative estimate of drug-likeness (QED) is 0.760. The molecule has 162 valence electrons. The van der Waals surface area contributed by atoms with Crippen molar-refractivity contribution < 1.29 is 19.1 Å². The Morgan fingerprint density at radius 2 is 1.65 bits per heavy atom. The van der Waals surface area contributed by atoms with Gasteiger partial charge >= 0.3 is 6.03 Å². The summed E-state index contributed by atoms with van der Waals surface area (Å²) in [6.45, 7) is 6.28. The number of imide groups is 1. The molecule has 2 fully saturated rings. The maximum Gasteiger partial charge on any atom is 0.326 e. The number of anilines is 1. The van der Waals surface area contributed by atoms with Crippen LogP contribution >= 0.6 is 0 Å². The lowest BCUT2D eigenvalue weighted by Gasteiger charge is -2.37. The van der Waals surface area contributed by atoms with Crippen LogP contribution < -0.4 is 19.7 Å². The maximum atomic E-state index is 13.3. The zero-order valence-corrected chi connectivity index (χ0v) is 17.5. The van der Waals surface area contributed by atoms with Gasteiger partial charge in [0.05, 0.1) is 6.67 Å². The van der Waals surface area contributed by atoms with Crippen molar-refractivity contribution in [3.63, 3.8) is 0 Å². The number of hydrogen-bond acceptors (Lipinski definition) is 6. The summed E-state index contributed by atoms with van der Waals surface area (Å²) in [7, 11) is 0. The molecule has 1 N–H and O–H groups in total. The zero-order valence-electron chi connectivity index (χ0n) is 17.5. The molecule has 0 aromatic heterocycles. The topological polar surface area (TPSA) is 74.4 Å². The third-order valence-corrected chi connectivity index (χ3v) is 6.23. The van der Waals surface area contributed by atoms with Crippen molar-refractivity contribution in [2.75, 3.05) is 51.0 Å². The average Bonchev–Trinajstić information content (AvgIpc) is 3.03. The molecule has 2 aromatic rings. The normalized spacial score (nSPS) is 23.8. The molecule has 3 aliphatic heterocycles. The Kier molecular flexibility index (Phi) is 4.94. The fourth-order valence-electron chi connectivity index (χ4n) is 4.36. The van der Waals surface area contributed by atoms with E-state index >= 15 is 0 Å². The molecule has 31 heavy (non-hydrogen) atoms. The lowest BCUT2D eigenvalue weighted by atomic mass is 9.91. The number of benzene rings is 2. The Labute approximate surface area is 181 Å². The van der Waals surface area contributed by atoms with Gasteiger partial charge in [0.2, 0.25) is 0 Å². The first-order chi connectivity index (χ1) is 15.0. The first-order valence-electron chi connectivity index (χ1n) is 10.6. The first-order valence-corrected chi connectivity index (χ1v) is 10.6. The number of fused-ring (bicyclic) bond motifs is 1. The second kappa shape index (κ2) is 7.77. The van der Waals surface area contributed by atoms with Gasteiger partial charge in [-0.05, 0) is 36.8 Å². The van der Waals surface area contributed by atoms with Crippen LogP contribution in [0, 0.1) is 0 Å². The van der Waals surface area contributed by atoms with Gasteiger partial charge < -0.3 is 19.7 Å². The van der Waals surface area contributed by atoms with E-state index in [1.54, 1.807) is 19.1 Å². The predicted octanol–water partition coefficient (Wildman–Crippen LogP) is 2.00. The van der Waals surface area contributed by atoms with E-state index in [-0.39, 0.29) is 18.6 Å². The molecule has 1 atom stereocenters. The highest BCUT2D eigenvalue weighted by Crippen LogP contribution is 2.37. The molecule has 0 spiro atoms. The van der Waals surface area contributed by atoms with Crippen LogP contribution in [0.15, 0.2) is 48.5 Å². The second-order valence-electron chi connectivity index (χ2n) is 8.23. The number of carbonyl (C=O) groups is 2. The Bertz CT molecular complexity index is 990. The van der Waals surface area contributed by atoms with E-state index in [1.807, 2.05) is 24.3 Å². The number of piperazine rings is 1. The average molecular weight is 422 g/mol. The van der Waals surface area contributed by atoms with Crippen LogP contribution in [-0.2, 0) is 10.3 Å². The molecule has 2 aromatic carbocycles. The summed E-state index contributed by atoms with van der Waals surface area (Å²) in [4.78, 5) is 31.8. The van der Waals surface area contributed by atoms with Gasteiger partial charge in [-0.2, -0.15) is 0 Å². The summed E-state index contributed by atoms with van der Waals surface area (Å²) >= 11 is 0. The molecule has 0 bridgehead atoms. The van der Waals surface area contributed by atoms with Crippen LogP contribution in [0.3, 0.4) is 0 Å². The highest BCUT2D eigenvalue weighted by Gasteiger charge is 2.49. The van der Waals surface area contributed by atoms with Crippen LogP contribution in [0.4, 0.5) is 10.5 Å². The third-order valence-electron chi connectivity index (χ3n) is 6.23. The molecular weight excluding hydrogens is 396 g/mol. The van der Waals surface area contributed by atoms with E-state index in [2.05, 4.69) is 27.2 Å². The number of hydrogen-bond donors (Lipinski definition) is 1. The summed E-state index contributed by atoms with van der Waals surface area (Å²) < 4.78 is 11.2. The summed E-state index contributed by atoms with van der Waals surface area (Å²) in [6.07, 6.45) is 0. The van der Waals surface area contributed by atoms with Gasteiger partial charge in [0.25, 0.3) is 5.91 Å². The lowest BCUT2D eigenvalue weighted by molar-refractivity contribution is -0.132. The van der Waals surface area contributed by atoms with Gasteiger partial charge in [0, 0.05) is 31.9 Å². The number of ether oxygens (including phenoxy) is 2. The summed E-state index contributed by atoms with van der Waals surface area (Å²) in [5.41, 5.74) is 0.758. The molecule has 3 heterocycles. The molecule has 0 saturated carbocycles. The van der Waals surface area contributed by atoms with Crippen molar-refractivity contribution in [1.82, 2.24) is 15.1 Å². The van der Waals surface area contributed by atoms with Crippen molar-refractivity contribution in [2.24, 2.45) is 0 Å². The predicted molar refractivity (Wildman–Crippen MR) is 115 cm³/mol. The standard InChI is InChI=1S/C23H26N4O4/c1-23(17-7-8-19-20(15-17)31-14-13-30-19)21(28)27(22(29)24-23)16-25-9-11-26(12-10-25)18-5-3-2-4-6-18/h2-8,15H,9-14,16H2,1H3,(H,24,29)/t23-/m1/s1. The van der Waals surface area contributed by atoms with Gasteiger partial charge in [0.1, 0.15) is 18.8 Å². The Morgan fingerprint density at radius 3 is 2.39 bits per heavy atom. The molecule has 3 amide bonds. The number of rotatable bonds is 4. The number of amides is 3. The van der Waals surface area contributed by atoms with Crippen molar-refractivity contribution in [1.29, 1.82) is 0 Å². The number of nitrogens with one attached hydrogen (secondary N) is 1. The SMILES string of the molecule is C[C@]1(c2ccc3c(c2)OCCO3)NC(=O)N(CN2CCN(c3ccccc3)CC2)C1=O. The first kappa shape index (κ1) is 19.7. The molecule has 5 rings (SSSR count). The van der Waals surface area contributed by atoms with Crippen molar-refractivity contribution in [3.8, 4) is 11.5 Å². The molecule has 8 heteroatoms. The Morgan fingerprint density at radius 1 is 0.935 bits per heavy atom. The Hall–Kier alpha value is -3.26. The van der Waals surface area contributed by atoms with E-state index in [0.717, 1.165) is 26.2 Å². The second-order valence-corrected chi connectivity index (χ2v) is 8.23. The number of urea groups is 1. The molecule has 0 unspecified atom stereocenters. The monoisotopic (exact) mass is 422 g/mol. The fourth-order valence-corrected chi connectivity index (χ4v) is 4.36. The van der Waals surface area contributed by atoms with Crippen molar-refractivity contribution in [2.45, 2.75) is 12.5 Å². The van der Waals surface area contributed by atoms with Gasteiger partial charge in [-0.25, -0.2) is 9.69 Å². The molecule has 0 radical (unpaired) electrons. The van der Waals surface area contributed by atoms with Crippen molar-refractivity contribution in [3.05, 3.63) is 54.1 Å². The highest BCUT2D eigenvalue weighted by molar-refractivity contribution is 6.07. The maximum absolute atomic E-state index is 13.3. The minimum Gasteiger partial charge on any atom is -0.486 e. The molecule has 0 aliphatic carbocycles. The Balaban J connectivity index is 1.26. The van der Waals surface area contributed by atoms with E-state index in [4.69, 9.17) is 9.47 Å². The van der Waals surface area contributed by atoms with Gasteiger partial charge in [-0.1, -0.05) is 24.3 Å². The zero-order chi connectivity index (χ0) is 21.4. The van der Waals surface area contributed by atoms with E-state index in [0.29, 0.717) is 30.3 Å². The van der Waals surface area contributed by atoms with Crippen LogP contribution in [0.2, 0.25) is 0 Å². The minimum absolute atomic E-state index is 0.250. The van der Waals surface area contributed by atoms with Crippen LogP contribution in [0.5, 0.6) is 11.5 Å². The summed E-state index contributed by atoms with van der Waals surface area (Å²) in [5, 5.41) is 2.88. The van der Waals surface area contributed by atoms with E-state index in [9.17, 15) is 9.59 Å². The van der Waals surface area contributed by atoms with Crippen molar-refractivity contribution >= 4 is 17.6 Å². The van der Waals surface area contributed by atoms with Gasteiger partial charge in [-0.3, -0.25) is 9.69 Å². The molecular formula is C23H26N4O4. The highest BCUT2D eigenvalue weighted by atomic mass is 16.6. The summed E-state index contributed by atoms with van der Waals surface area (Å²) in [5.74, 6) is 1.01. The largest absolute Gasteiger partial charge is 0.486 e. The smallest absolute Gasteiger partial charge is 0.326 e. The molecule has 2 saturated heterocycles. The number of para-hydroxylation sites is 1. The fraction of sp³-hybridized carbons (Fsp3) is 0.391. The molecule has 3 aliphatic rings. The van der Waals surface area contributed by atoms with Crippen LogP contribution in [0.25, 0.3) is 0 Å². The number of carbonyl (C=O) groups excluding carboxylic acids is 2. The summed E-state index contributed by atoms with van der Waals surface area (Å²) in [6, 6.07) is 15.3. The van der Waals surface area contributed by atoms with Gasteiger partial charge in [-0.15, -0.1) is 0 Å².